The first-order chi connectivity index (χ1) is 3.81. The fraction of sp³-hybridized carbons (Fsp3) is 1.00. The molecule has 0 aliphatic rings. The summed E-state index contributed by atoms with van der Waals surface area (Å²) >= 11 is 0. The van der Waals surface area contributed by atoms with E-state index < -0.39 is 0 Å². The summed E-state index contributed by atoms with van der Waals surface area (Å²) in [5, 5.41) is 0. The van der Waals surface area contributed by atoms with Gasteiger partial charge in [-0.15, -0.1) is 12.4 Å². The van der Waals surface area contributed by atoms with Gasteiger partial charge in [-0.2, -0.15) is 0 Å². The van der Waals surface area contributed by atoms with E-state index >= 15 is 0 Å². The molecule has 2 nitrogen and oxygen atoms in total. The van der Waals surface area contributed by atoms with Crippen molar-refractivity contribution < 1.29 is 0 Å². The van der Waals surface area contributed by atoms with Gasteiger partial charge in [0.25, 0.3) is 0 Å². The van der Waals surface area contributed by atoms with Crippen LogP contribution in [0.15, 0.2) is 0 Å². The molecule has 0 spiro atoms. The molecular weight excluding hydrogens is 136 g/mol. The first-order valence-electron chi connectivity index (χ1n) is 3.27. The second-order valence-corrected chi connectivity index (χ2v) is 2.10. The van der Waals surface area contributed by atoms with Crippen LogP contribution in [0.2, 0.25) is 0 Å². The number of hydrogen-bond acceptors (Lipinski definition) is 2. The Kier molecular flexibility index (Phi) is 10.9. The van der Waals surface area contributed by atoms with Gasteiger partial charge in [-0.25, -0.2) is 0 Å². The highest BCUT2D eigenvalue weighted by Crippen LogP contribution is 1.95. The lowest BCUT2D eigenvalue weighted by atomic mass is 10.1. The summed E-state index contributed by atoms with van der Waals surface area (Å²) in [5.41, 5.74) is 10.9. The lowest BCUT2D eigenvalue weighted by molar-refractivity contribution is 0.573. The third-order valence-electron chi connectivity index (χ3n) is 1.30. The smallest absolute Gasteiger partial charge is 0.00366 e. The fourth-order valence-corrected chi connectivity index (χ4v) is 0.584. The van der Waals surface area contributed by atoms with Crippen molar-refractivity contribution >= 4 is 12.4 Å². The lowest BCUT2D eigenvalue weighted by Gasteiger charge is -2.04. The molecular formula is C6H17ClN2. The number of hydrogen-bond donors (Lipinski definition) is 2. The Morgan fingerprint density at radius 1 is 1.44 bits per heavy atom. The van der Waals surface area contributed by atoms with Crippen molar-refractivity contribution in [2.24, 2.45) is 11.5 Å². The summed E-state index contributed by atoms with van der Waals surface area (Å²) in [4.78, 5) is 0. The fourth-order valence-electron chi connectivity index (χ4n) is 0.584. The van der Waals surface area contributed by atoms with Gasteiger partial charge < -0.3 is 11.5 Å². The molecule has 0 rings (SSSR count). The Hall–Kier alpha value is 0.210. The van der Waals surface area contributed by atoms with Crippen molar-refractivity contribution in [2.45, 2.75) is 32.2 Å². The average Bonchev–Trinajstić information content (AvgIpc) is 1.83. The zero-order valence-corrected chi connectivity index (χ0v) is 6.79. The first kappa shape index (κ1) is 11.9. The molecule has 3 heteroatoms. The van der Waals surface area contributed by atoms with Gasteiger partial charge in [0.2, 0.25) is 0 Å². The van der Waals surface area contributed by atoms with Gasteiger partial charge >= 0.3 is 0 Å². The summed E-state index contributed by atoms with van der Waals surface area (Å²) in [6.07, 6.45) is 3.21. The lowest BCUT2D eigenvalue weighted by Crippen LogP contribution is -2.19. The van der Waals surface area contributed by atoms with E-state index in [1.54, 1.807) is 0 Å². The minimum absolute atomic E-state index is 0. The minimum Gasteiger partial charge on any atom is -0.330 e. The van der Waals surface area contributed by atoms with E-state index in [1.807, 2.05) is 0 Å². The van der Waals surface area contributed by atoms with E-state index in [0.29, 0.717) is 6.04 Å². The van der Waals surface area contributed by atoms with Crippen LogP contribution in [-0.4, -0.2) is 12.6 Å². The highest BCUT2D eigenvalue weighted by Gasteiger charge is 1.94. The van der Waals surface area contributed by atoms with Crippen LogP contribution in [0.1, 0.15) is 26.2 Å². The second kappa shape index (κ2) is 8.21. The van der Waals surface area contributed by atoms with Crippen LogP contribution >= 0.6 is 12.4 Å². The van der Waals surface area contributed by atoms with E-state index in [9.17, 15) is 0 Å². The van der Waals surface area contributed by atoms with Gasteiger partial charge in [-0.1, -0.05) is 6.92 Å². The van der Waals surface area contributed by atoms with Crippen molar-refractivity contribution in [1.82, 2.24) is 0 Å². The molecule has 4 N–H and O–H groups in total. The van der Waals surface area contributed by atoms with E-state index in [1.165, 1.54) is 0 Å². The minimum atomic E-state index is 0. The molecule has 1 atom stereocenters. The quantitative estimate of drug-likeness (QED) is 0.629. The first-order valence-corrected chi connectivity index (χ1v) is 3.27. The van der Waals surface area contributed by atoms with Gasteiger partial charge in [-0.3, -0.25) is 0 Å². The van der Waals surface area contributed by atoms with Crippen molar-refractivity contribution in [3.05, 3.63) is 0 Å². The molecule has 0 saturated heterocycles. The monoisotopic (exact) mass is 152 g/mol. The molecule has 0 aliphatic carbocycles. The van der Waals surface area contributed by atoms with E-state index in [-0.39, 0.29) is 12.4 Å². The molecule has 0 radical (unpaired) electrons. The molecule has 0 amide bonds. The number of rotatable bonds is 4. The topological polar surface area (TPSA) is 52.0 Å². The molecule has 0 saturated carbocycles. The SMILES string of the molecule is CCC(N)CCCN.Cl. The van der Waals surface area contributed by atoms with Crippen LogP contribution in [-0.2, 0) is 0 Å². The summed E-state index contributed by atoms with van der Waals surface area (Å²) in [5.74, 6) is 0. The summed E-state index contributed by atoms with van der Waals surface area (Å²) in [7, 11) is 0. The third kappa shape index (κ3) is 8.21. The molecule has 0 bridgehead atoms. The summed E-state index contributed by atoms with van der Waals surface area (Å²) in [6, 6.07) is 0.374. The van der Waals surface area contributed by atoms with Crippen LogP contribution in [0.3, 0.4) is 0 Å². The maximum atomic E-state index is 5.60. The highest BCUT2D eigenvalue weighted by atomic mass is 35.5. The third-order valence-corrected chi connectivity index (χ3v) is 1.30. The van der Waals surface area contributed by atoms with Gasteiger partial charge in [0.05, 0.1) is 0 Å². The van der Waals surface area contributed by atoms with Crippen LogP contribution in [0.25, 0.3) is 0 Å². The van der Waals surface area contributed by atoms with E-state index in [4.69, 9.17) is 11.5 Å². The maximum absolute atomic E-state index is 5.60. The normalized spacial score (nSPS) is 12.3. The Bertz CT molecular complexity index is 50.3. The van der Waals surface area contributed by atoms with Crippen molar-refractivity contribution in [1.29, 1.82) is 0 Å². The number of nitrogens with two attached hydrogens (primary N) is 2. The van der Waals surface area contributed by atoms with Gasteiger partial charge in [0, 0.05) is 6.04 Å². The average molecular weight is 153 g/mol. The van der Waals surface area contributed by atoms with Gasteiger partial charge in [-0.05, 0) is 25.8 Å². The largest absolute Gasteiger partial charge is 0.330 e. The van der Waals surface area contributed by atoms with Crippen LogP contribution in [0, 0.1) is 0 Å². The van der Waals surface area contributed by atoms with Crippen molar-refractivity contribution in [2.75, 3.05) is 6.54 Å². The second-order valence-electron chi connectivity index (χ2n) is 2.10. The van der Waals surface area contributed by atoms with Gasteiger partial charge in [0.15, 0.2) is 0 Å². The Labute approximate surface area is 63.4 Å². The molecule has 0 aliphatic heterocycles. The van der Waals surface area contributed by atoms with Crippen LogP contribution < -0.4 is 11.5 Å². The van der Waals surface area contributed by atoms with Crippen molar-refractivity contribution in [3.8, 4) is 0 Å². The molecule has 0 aromatic heterocycles. The predicted molar refractivity (Wildman–Crippen MR) is 43.8 cm³/mol. The molecule has 0 heterocycles. The van der Waals surface area contributed by atoms with Gasteiger partial charge in [0.1, 0.15) is 0 Å². The van der Waals surface area contributed by atoms with E-state index in [2.05, 4.69) is 6.92 Å². The number of halogens is 1. The molecule has 0 aromatic carbocycles. The van der Waals surface area contributed by atoms with Crippen LogP contribution in [0.4, 0.5) is 0 Å². The Morgan fingerprint density at radius 2 is 2.00 bits per heavy atom. The maximum Gasteiger partial charge on any atom is 0.00366 e. The Balaban J connectivity index is 0. The summed E-state index contributed by atoms with van der Waals surface area (Å²) < 4.78 is 0. The molecule has 58 valence electrons. The molecule has 0 aromatic rings. The van der Waals surface area contributed by atoms with Crippen LogP contribution in [0.5, 0.6) is 0 Å². The molecule has 1 unspecified atom stereocenters. The van der Waals surface area contributed by atoms with E-state index in [0.717, 1.165) is 25.8 Å². The van der Waals surface area contributed by atoms with Crippen molar-refractivity contribution in [3.63, 3.8) is 0 Å². The predicted octanol–water partition coefficient (Wildman–Crippen LogP) is 0.884. The zero-order chi connectivity index (χ0) is 6.41. The highest BCUT2D eigenvalue weighted by molar-refractivity contribution is 5.85. The molecule has 0 fully saturated rings. The standard InChI is InChI=1S/C6H16N2.ClH/c1-2-6(8)4-3-5-7;/h6H,2-5,7-8H2,1H3;1H. The Morgan fingerprint density at radius 3 is 2.33 bits per heavy atom. The molecule has 9 heavy (non-hydrogen) atoms. The zero-order valence-electron chi connectivity index (χ0n) is 5.97. The summed E-state index contributed by atoms with van der Waals surface area (Å²) in [6.45, 7) is 2.87.